The van der Waals surface area contributed by atoms with Crippen molar-refractivity contribution in [3.05, 3.63) is 0 Å². The van der Waals surface area contributed by atoms with Gasteiger partial charge >= 0.3 is 6.03 Å². The van der Waals surface area contributed by atoms with Gasteiger partial charge in [0.2, 0.25) is 12.0 Å². The Labute approximate surface area is 113 Å². The lowest BCUT2D eigenvalue weighted by Gasteiger charge is -2.23. The molecule has 1 fully saturated rings. The van der Waals surface area contributed by atoms with Crippen molar-refractivity contribution in [3.8, 4) is 0 Å². The molecule has 0 aromatic rings. The van der Waals surface area contributed by atoms with E-state index in [0.29, 0.717) is 26.1 Å². The number of amides is 3. The van der Waals surface area contributed by atoms with Crippen LogP contribution in [0.5, 0.6) is 0 Å². The first-order chi connectivity index (χ1) is 9.25. The number of nitrogens with zero attached hydrogens (tertiary/aromatic N) is 2. The lowest BCUT2D eigenvalue weighted by molar-refractivity contribution is -0.128. The van der Waals surface area contributed by atoms with Crippen molar-refractivity contribution in [2.24, 2.45) is 4.99 Å². The highest BCUT2D eigenvalue weighted by Gasteiger charge is 2.21. The number of nitrogens with one attached hydrogen (secondary N) is 1. The van der Waals surface area contributed by atoms with Gasteiger partial charge < -0.3 is 5.32 Å². The molecular formula is C13H21N3O3. The first-order valence-corrected chi connectivity index (χ1v) is 6.87. The molecule has 106 valence electrons. The summed E-state index contributed by atoms with van der Waals surface area (Å²) in [5.41, 5.74) is 0. The van der Waals surface area contributed by atoms with Gasteiger partial charge in [-0.05, 0) is 32.1 Å². The van der Waals surface area contributed by atoms with E-state index in [2.05, 4.69) is 10.3 Å². The normalized spacial score (nSPS) is 16.0. The van der Waals surface area contributed by atoms with E-state index in [4.69, 9.17) is 0 Å². The van der Waals surface area contributed by atoms with E-state index in [1.165, 1.54) is 11.0 Å². The van der Waals surface area contributed by atoms with Crippen LogP contribution in [0.1, 0.15) is 44.9 Å². The SMILES string of the molecule is O=C=NCCCCCC(=O)N1CCCCCNC1=O. The Morgan fingerprint density at radius 2 is 2.11 bits per heavy atom. The standard InChI is InChI=1S/C13H21N3O3/c17-11-14-8-4-1-3-7-12(18)16-10-6-2-5-9-15-13(16)19/h1-10H2,(H,15,19). The molecule has 0 bridgehead atoms. The van der Waals surface area contributed by atoms with Crippen LogP contribution in [-0.2, 0) is 9.59 Å². The Morgan fingerprint density at radius 3 is 2.89 bits per heavy atom. The summed E-state index contributed by atoms with van der Waals surface area (Å²) in [4.78, 5) is 38.3. The maximum absolute atomic E-state index is 11.9. The van der Waals surface area contributed by atoms with Crippen LogP contribution in [0.25, 0.3) is 0 Å². The minimum Gasteiger partial charge on any atom is -0.338 e. The minimum absolute atomic E-state index is 0.113. The molecule has 6 nitrogen and oxygen atoms in total. The monoisotopic (exact) mass is 267 g/mol. The number of carbonyl (C=O) groups excluding carboxylic acids is 3. The molecular weight excluding hydrogens is 246 g/mol. The first-order valence-electron chi connectivity index (χ1n) is 6.87. The van der Waals surface area contributed by atoms with Crippen molar-refractivity contribution >= 4 is 18.0 Å². The fourth-order valence-corrected chi connectivity index (χ4v) is 2.03. The second-order valence-corrected chi connectivity index (χ2v) is 4.62. The Morgan fingerprint density at radius 1 is 1.26 bits per heavy atom. The van der Waals surface area contributed by atoms with Crippen LogP contribution in [-0.4, -0.2) is 42.6 Å². The molecule has 1 aliphatic heterocycles. The third kappa shape index (κ3) is 6.15. The summed E-state index contributed by atoms with van der Waals surface area (Å²) in [5.74, 6) is -0.113. The number of rotatable bonds is 6. The molecule has 3 amide bonds. The number of carbonyl (C=O) groups is 2. The summed E-state index contributed by atoms with van der Waals surface area (Å²) in [7, 11) is 0. The van der Waals surface area contributed by atoms with Gasteiger partial charge in [-0.2, -0.15) is 0 Å². The van der Waals surface area contributed by atoms with Crippen molar-refractivity contribution in [2.75, 3.05) is 19.6 Å². The number of aliphatic imine (C=N–C) groups is 1. The third-order valence-corrected chi connectivity index (χ3v) is 3.11. The van der Waals surface area contributed by atoms with Crippen LogP contribution in [0.3, 0.4) is 0 Å². The van der Waals surface area contributed by atoms with E-state index in [-0.39, 0.29) is 11.9 Å². The molecule has 1 aliphatic rings. The average Bonchev–Trinajstić information content (AvgIpc) is 2.38. The molecule has 1 heterocycles. The molecule has 0 unspecified atom stereocenters. The number of unbranched alkanes of at least 4 members (excludes halogenated alkanes) is 2. The summed E-state index contributed by atoms with van der Waals surface area (Å²) < 4.78 is 0. The predicted molar refractivity (Wildman–Crippen MR) is 70.4 cm³/mol. The lowest BCUT2D eigenvalue weighted by Crippen LogP contribution is -2.45. The van der Waals surface area contributed by atoms with Gasteiger partial charge in [0, 0.05) is 19.5 Å². The maximum atomic E-state index is 11.9. The second kappa shape index (κ2) is 9.28. The molecule has 1 rings (SSSR count). The van der Waals surface area contributed by atoms with Gasteiger partial charge in [-0.3, -0.25) is 9.69 Å². The molecule has 1 N–H and O–H groups in total. The summed E-state index contributed by atoms with van der Waals surface area (Å²) in [6.07, 6.45) is 7.07. The highest BCUT2D eigenvalue weighted by molar-refractivity contribution is 5.94. The summed E-state index contributed by atoms with van der Waals surface area (Å²) in [6, 6.07) is -0.268. The first kappa shape index (κ1) is 15.4. The van der Waals surface area contributed by atoms with Crippen molar-refractivity contribution < 1.29 is 14.4 Å². The van der Waals surface area contributed by atoms with Crippen LogP contribution >= 0.6 is 0 Å². The topological polar surface area (TPSA) is 78.8 Å². The largest absolute Gasteiger partial charge is 0.338 e. The number of imide groups is 1. The molecule has 0 atom stereocenters. The molecule has 0 aromatic carbocycles. The zero-order valence-corrected chi connectivity index (χ0v) is 11.2. The van der Waals surface area contributed by atoms with Gasteiger partial charge in [0.05, 0.1) is 6.54 Å². The number of hydrogen-bond acceptors (Lipinski definition) is 4. The van der Waals surface area contributed by atoms with Crippen molar-refractivity contribution in [3.63, 3.8) is 0 Å². The summed E-state index contributed by atoms with van der Waals surface area (Å²) in [6.45, 7) is 1.62. The lowest BCUT2D eigenvalue weighted by atomic mass is 10.1. The molecule has 6 heteroatoms. The molecule has 1 saturated heterocycles. The molecule has 0 saturated carbocycles. The molecule has 0 spiro atoms. The maximum Gasteiger partial charge on any atom is 0.324 e. The van der Waals surface area contributed by atoms with Gasteiger partial charge in [0.15, 0.2) is 0 Å². The van der Waals surface area contributed by atoms with Crippen LogP contribution < -0.4 is 5.32 Å². The van der Waals surface area contributed by atoms with Gasteiger partial charge in [-0.25, -0.2) is 14.6 Å². The zero-order valence-electron chi connectivity index (χ0n) is 11.2. The van der Waals surface area contributed by atoms with Crippen LogP contribution in [0.4, 0.5) is 4.79 Å². The number of hydrogen-bond donors (Lipinski definition) is 1. The van der Waals surface area contributed by atoms with E-state index in [0.717, 1.165) is 38.5 Å². The molecule has 0 radical (unpaired) electrons. The van der Waals surface area contributed by atoms with Crippen molar-refractivity contribution in [1.29, 1.82) is 0 Å². The van der Waals surface area contributed by atoms with Gasteiger partial charge in [-0.15, -0.1) is 0 Å². The Hall–Kier alpha value is -1.68. The van der Waals surface area contributed by atoms with Crippen molar-refractivity contribution in [1.82, 2.24) is 10.2 Å². The average molecular weight is 267 g/mol. The van der Waals surface area contributed by atoms with Gasteiger partial charge in [-0.1, -0.05) is 6.42 Å². The van der Waals surface area contributed by atoms with Crippen LogP contribution in [0.2, 0.25) is 0 Å². The zero-order chi connectivity index (χ0) is 13.9. The number of urea groups is 1. The third-order valence-electron chi connectivity index (χ3n) is 3.11. The second-order valence-electron chi connectivity index (χ2n) is 4.62. The highest BCUT2D eigenvalue weighted by Crippen LogP contribution is 2.08. The summed E-state index contributed by atoms with van der Waals surface area (Å²) in [5, 5.41) is 2.74. The van der Waals surface area contributed by atoms with Crippen LogP contribution in [0, 0.1) is 0 Å². The Balaban J connectivity index is 2.26. The van der Waals surface area contributed by atoms with Crippen molar-refractivity contribution in [2.45, 2.75) is 44.9 Å². The van der Waals surface area contributed by atoms with E-state index >= 15 is 0 Å². The van der Waals surface area contributed by atoms with E-state index in [9.17, 15) is 14.4 Å². The Kier molecular flexibility index (Phi) is 7.51. The van der Waals surface area contributed by atoms with E-state index < -0.39 is 0 Å². The quantitative estimate of drug-likeness (QED) is 0.451. The van der Waals surface area contributed by atoms with Gasteiger partial charge in [0.25, 0.3) is 0 Å². The fourth-order valence-electron chi connectivity index (χ4n) is 2.03. The van der Waals surface area contributed by atoms with Crippen LogP contribution in [0.15, 0.2) is 4.99 Å². The predicted octanol–water partition coefficient (Wildman–Crippen LogP) is 1.60. The fraction of sp³-hybridized carbons (Fsp3) is 0.769. The van der Waals surface area contributed by atoms with Gasteiger partial charge in [0.1, 0.15) is 0 Å². The van der Waals surface area contributed by atoms with E-state index in [1.807, 2.05) is 0 Å². The Bertz CT molecular complexity index is 351. The minimum atomic E-state index is -0.268. The molecule has 0 aromatic heterocycles. The number of isocyanates is 1. The van der Waals surface area contributed by atoms with E-state index in [1.54, 1.807) is 0 Å². The molecule has 0 aliphatic carbocycles. The molecule has 19 heavy (non-hydrogen) atoms. The summed E-state index contributed by atoms with van der Waals surface area (Å²) >= 11 is 0. The highest BCUT2D eigenvalue weighted by atomic mass is 16.2. The smallest absolute Gasteiger partial charge is 0.324 e.